The molecule has 3 fully saturated rings. The third-order valence-corrected chi connectivity index (χ3v) is 8.96. The Morgan fingerprint density at radius 3 is 1.75 bits per heavy atom. The van der Waals surface area contributed by atoms with E-state index < -0.39 is 0 Å². The van der Waals surface area contributed by atoms with E-state index in [9.17, 15) is 4.79 Å². The average Bonchev–Trinajstić information content (AvgIpc) is 2.96. The van der Waals surface area contributed by atoms with Gasteiger partial charge in [0.2, 0.25) is 0 Å². The predicted molar refractivity (Wildman–Crippen MR) is 187 cm³/mol. The molecule has 0 N–H and O–H groups in total. The first-order valence-electron chi connectivity index (χ1n) is 18.5. The van der Waals surface area contributed by atoms with Crippen molar-refractivity contribution in [1.82, 2.24) is 14.7 Å². The van der Waals surface area contributed by atoms with Gasteiger partial charge in [0, 0.05) is 38.3 Å². The number of carbonyl (C=O) groups excluding carboxylic acids is 1. The Balaban J connectivity index is 0.000000330. The highest BCUT2D eigenvalue weighted by atomic mass is 16.5. The molecule has 0 saturated carbocycles. The van der Waals surface area contributed by atoms with E-state index in [0.29, 0.717) is 24.2 Å². The number of piperidine rings is 3. The third kappa shape index (κ3) is 21.9. The van der Waals surface area contributed by atoms with Gasteiger partial charge in [-0.25, -0.2) is 0 Å². The summed E-state index contributed by atoms with van der Waals surface area (Å²) in [6, 6.07) is 0. The molecular formula is C37H75N3O4. The molecule has 0 aromatic rings. The predicted octanol–water partition coefficient (Wildman–Crippen LogP) is 7.80. The van der Waals surface area contributed by atoms with E-state index in [2.05, 4.69) is 63.2 Å². The Morgan fingerprint density at radius 1 is 0.682 bits per heavy atom. The maximum Gasteiger partial charge on any atom is 0.306 e. The number of likely N-dealkylation sites (tertiary alicyclic amines) is 3. The SMILES string of the molecule is CC(C)OC(=O)CCCN1CCCCC1.CC(C)OCCCN1CCCCC1(C)C.CC1CCN(CCCOC(C)C)CC1. The van der Waals surface area contributed by atoms with E-state index in [0.717, 1.165) is 32.1 Å². The quantitative estimate of drug-likeness (QED) is 0.136. The lowest BCUT2D eigenvalue weighted by Gasteiger charge is -2.42. The van der Waals surface area contributed by atoms with Gasteiger partial charge in [-0.05, 0) is 158 Å². The minimum atomic E-state index is -0.0537. The van der Waals surface area contributed by atoms with Crippen LogP contribution in [0.3, 0.4) is 0 Å². The van der Waals surface area contributed by atoms with Crippen LogP contribution in [0.15, 0.2) is 0 Å². The molecule has 0 aromatic carbocycles. The van der Waals surface area contributed by atoms with Crippen LogP contribution in [0, 0.1) is 5.92 Å². The van der Waals surface area contributed by atoms with Gasteiger partial charge in [0.1, 0.15) is 0 Å². The summed E-state index contributed by atoms with van der Waals surface area (Å²) in [4.78, 5) is 18.9. The van der Waals surface area contributed by atoms with E-state index >= 15 is 0 Å². The summed E-state index contributed by atoms with van der Waals surface area (Å²) in [5.74, 6) is 0.889. The number of esters is 1. The summed E-state index contributed by atoms with van der Waals surface area (Å²) >= 11 is 0. The molecule has 0 aromatic heterocycles. The highest BCUT2D eigenvalue weighted by Crippen LogP contribution is 2.27. The van der Waals surface area contributed by atoms with Gasteiger partial charge in [-0.2, -0.15) is 0 Å². The Labute approximate surface area is 274 Å². The van der Waals surface area contributed by atoms with Gasteiger partial charge in [0.05, 0.1) is 18.3 Å². The van der Waals surface area contributed by atoms with Gasteiger partial charge in [0.15, 0.2) is 0 Å². The fourth-order valence-corrected chi connectivity index (χ4v) is 6.15. The molecule has 3 heterocycles. The van der Waals surface area contributed by atoms with Crippen molar-refractivity contribution in [3.8, 4) is 0 Å². The number of carbonyl (C=O) groups is 1. The minimum absolute atomic E-state index is 0.0208. The summed E-state index contributed by atoms with van der Waals surface area (Å²) in [7, 11) is 0. The molecule has 3 rings (SSSR count). The first-order chi connectivity index (χ1) is 20.9. The van der Waals surface area contributed by atoms with Crippen LogP contribution in [0.4, 0.5) is 0 Å². The van der Waals surface area contributed by atoms with Crippen LogP contribution in [0.1, 0.15) is 139 Å². The molecule has 0 spiro atoms. The molecule has 7 nitrogen and oxygen atoms in total. The van der Waals surface area contributed by atoms with Crippen molar-refractivity contribution in [1.29, 1.82) is 0 Å². The fourth-order valence-electron chi connectivity index (χ4n) is 6.15. The van der Waals surface area contributed by atoms with Crippen molar-refractivity contribution in [2.75, 3.05) is 65.6 Å². The number of hydrogen-bond acceptors (Lipinski definition) is 7. The Bertz CT molecular complexity index is 686. The maximum absolute atomic E-state index is 11.3. The lowest BCUT2D eigenvalue weighted by molar-refractivity contribution is -0.147. The summed E-state index contributed by atoms with van der Waals surface area (Å²) in [6.07, 6.45) is 15.5. The van der Waals surface area contributed by atoms with Crippen molar-refractivity contribution in [3.05, 3.63) is 0 Å². The second-order valence-corrected chi connectivity index (χ2v) is 14.9. The first-order valence-corrected chi connectivity index (χ1v) is 18.5. The molecule has 0 radical (unpaired) electrons. The van der Waals surface area contributed by atoms with Crippen molar-refractivity contribution < 1.29 is 19.0 Å². The van der Waals surface area contributed by atoms with E-state index in [4.69, 9.17) is 14.2 Å². The normalized spacial score (nSPS) is 20.3. The zero-order valence-electron chi connectivity index (χ0n) is 30.8. The second kappa shape index (κ2) is 24.4. The highest BCUT2D eigenvalue weighted by Gasteiger charge is 2.28. The summed E-state index contributed by atoms with van der Waals surface area (Å²) < 4.78 is 16.2. The van der Waals surface area contributed by atoms with Gasteiger partial charge >= 0.3 is 5.97 Å². The van der Waals surface area contributed by atoms with E-state index in [-0.39, 0.29) is 12.1 Å². The van der Waals surface area contributed by atoms with Crippen LogP contribution >= 0.6 is 0 Å². The number of nitrogens with zero attached hydrogens (tertiary/aromatic N) is 3. The molecule has 0 unspecified atom stereocenters. The average molecular weight is 626 g/mol. The van der Waals surface area contributed by atoms with Crippen molar-refractivity contribution in [2.24, 2.45) is 5.92 Å². The van der Waals surface area contributed by atoms with Crippen LogP contribution in [0.25, 0.3) is 0 Å². The molecule has 0 bridgehead atoms. The Morgan fingerprint density at radius 2 is 1.20 bits per heavy atom. The molecule has 3 aliphatic rings. The summed E-state index contributed by atoms with van der Waals surface area (Å²) in [5, 5.41) is 0. The monoisotopic (exact) mass is 626 g/mol. The topological polar surface area (TPSA) is 54.5 Å². The van der Waals surface area contributed by atoms with Crippen molar-refractivity contribution >= 4 is 5.97 Å². The lowest BCUT2D eigenvalue weighted by atomic mass is 9.90. The van der Waals surface area contributed by atoms with E-state index in [1.165, 1.54) is 110 Å². The smallest absolute Gasteiger partial charge is 0.306 e. The fraction of sp³-hybridized carbons (Fsp3) is 0.973. The Kier molecular flexibility index (Phi) is 22.9. The van der Waals surface area contributed by atoms with Crippen LogP contribution < -0.4 is 0 Å². The van der Waals surface area contributed by atoms with Crippen LogP contribution in [0.2, 0.25) is 0 Å². The van der Waals surface area contributed by atoms with Gasteiger partial charge in [-0.3, -0.25) is 9.69 Å². The number of rotatable bonds is 15. The molecule has 0 atom stereocenters. The molecule has 262 valence electrons. The lowest BCUT2D eigenvalue weighted by Crippen LogP contribution is -2.47. The van der Waals surface area contributed by atoms with Crippen LogP contribution in [-0.2, 0) is 19.0 Å². The zero-order chi connectivity index (χ0) is 32.8. The van der Waals surface area contributed by atoms with Crippen LogP contribution in [-0.4, -0.2) is 110 Å². The molecule has 0 aliphatic carbocycles. The standard InChI is InChI=1S/C13H27NO.C12H23NO2.C12H25NO/c1-12(2)15-11-7-10-14-9-6-5-8-13(14,3)4;1-11(2)15-12(14)7-6-10-13-8-4-3-5-9-13;1-11(2)14-10-4-7-13-8-5-12(3)6-9-13/h12H,5-11H2,1-4H3;11H,3-10H2,1-2H3;11-12H,4-10H2,1-3H3. The maximum atomic E-state index is 11.3. The second-order valence-electron chi connectivity index (χ2n) is 14.9. The first kappa shape index (κ1) is 41.3. The summed E-state index contributed by atoms with van der Waals surface area (Å²) in [5.41, 5.74) is 0.413. The molecule has 3 aliphatic heterocycles. The highest BCUT2D eigenvalue weighted by molar-refractivity contribution is 5.69. The molecular weight excluding hydrogens is 550 g/mol. The van der Waals surface area contributed by atoms with Gasteiger partial charge in [-0.15, -0.1) is 0 Å². The van der Waals surface area contributed by atoms with Crippen LogP contribution in [0.5, 0.6) is 0 Å². The van der Waals surface area contributed by atoms with Gasteiger partial charge in [-0.1, -0.05) is 19.8 Å². The molecule has 44 heavy (non-hydrogen) atoms. The minimum Gasteiger partial charge on any atom is -0.463 e. The largest absolute Gasteiger partial charge is 0.463 e. The van der Waals surface area contributed by atoms with Crippen molar-refractivity contribution in [3.63, 3.8) is 0 Å². The molecule has 7 heteroatoms. The van der Waals surface area contributed by atoms with Gasteiger partial charge < -0.3 is 24.0 Å². The Hall–Kier alpha value is -0.730. The van der Waals surface area contributed by atoms with E-state index in [1.54, 1.807) is 0 Å². The number of hydrogen-bond donors (Lipinski definition) is 0. The third-order valence-electron chi connectivity index (χ3n) is 8.96. The molecule has 0 amide bonds. The van der Waals surface area contributed by atoms with E-state index in [1.807, 2.05) is 13.8 Å². The van der Waals surface area contributed by atoms with Crippen molar-refractivity contribution in [2.45, 2.75) is 163 Å². The van der Waals surface area contributed by atoms with Gasteiger partial charge in [0.25, 0.3) is 0 Å². The molecule has 3 saturated heterocycles. The number of ether oxygens (including phenoxy) is 3. The summed E-state index contributed by atoms with van der Waals surface area (Å²) in [6.45, 7) is 30.9. The zero-order valence-corrected chi connectivity index (χ0v) is 30.8.